The lowest BCUT2D eigenvalue weighted by Crippen LogP contribution is -2.61. The van der Waals surface area contributed by atoms with Crippen molar-refractivity contribution in [2.24, 2.45) is 0 Å². The molecule has 0 radical (unpaired) electrons. The molecule has 2 spiro atoms. The van der Waals surface area contributed by atoms with E-state index < -0.39 is 5.66 Å². The highest BCUT2D eigenvalue weighted by molar-refractivity contribution is 6.10. The second-order valence-electron chi connectivity index (χ2n) is 11.6. The van der Waals surface area contributed by atoms with E-state index in [1.807, 2.05) is 12.1 Å². The molecule has 0 N–H and O–H groups in total. The van der Waals surface area contributed by atoms with Crippen LogP contribution >= 0.6 is 0 Å². The number of anilines is 1. The van der Waals surface area contributed by atoms with Gasteiger partial charge in [-0.15, -0.1) is 0 Å². The molecule has 1 amide bonds. The van der Waals surface area contributed by atoms with Crippen LogP contribution in [0, 0.1) is 5.82 Å². The Morgan fingerprint density at radius 1 is 0.865 bits per heavy atom. The van der Waals surface area contributed by atoms with Crippen molar-refractivity contribution in [2.45, 2.75) is 69.2 Å². The fraction of sp³-hybridized carbons (Fsp3) is 0.406. The minimum Gasteiger partial charge on any atom is -0.302 e. The third kappa shape index (κ3) is 3.30. The molecular formula is C32H34FN3O. The van der Waals surface area contributed by atoms with E-state index in [0.717, 1.165) is 62.0 Å². The average molecular weight is 496 g/mol. The molecule has 0 unspecified atom stereocenters. The first-order valence-electron chi connectivity index (χ1n) is 13.8. The summed E-state index contributed by atoms with van der Waals surface area (Å²) in [6, 6.07) is 24.1. The summed E-state index contributed by atoms with van der Waals surface area (Å²) < 4.78 is 15.4. The number of amides is 1. The Morgan fingerprint density at radius 2 is 1.43 bits per heavy atom. The van der Waals surface area contributed by atoms with E-state index in [0.29, 0.717) is 13.1 Å². The normalized spacial score (nSPS) is 23.9. The zero-order valence-corrected chi connectivity index (χ0v) is 21.5. The highest BCUT2D eigenvalue weighted by atomic mass is 19.1. The van der Waals surface area contributed by atoms with Gasteiger partial charge in [0, 0.05) is 37.3 Å². The van der Waals surface area contributed by atoms with Gasteiger partial charge in [0.05, 0.1) is 5.69 Å². The lowest BCUT2D eigenvalue weighted by atomic mass is 9.77. The van der Waals surface area contributed by atoms with Gasteiger partial charge in [-0.05, 0) is 54.0 Å². The lowest BCUT2D eigenvalue weighted by molar-refractivity contribution is -0.140. The smallest absolute Gasteiger partial charge is 0.268 e. The minimum atomic E-state index is -1.00. The SMILES string of the molecule is C[C@@H]1CC2(CCCC2)N2C(=O)C3(c4cc(F)cc1c42)N(Cc1ccccc1)CCN3Cc1ccccc1. The molecule has 3 heterocycles. The number of benzene rings is 3. The predicted octanol–water partition coefficient (Wildman–Crippen LogP) is 6.16. The van der Waals surface area contributed by atoms with E-state index in [4.69, 9.17) is 0 Å². The van der Waals surface area contributed by atoms with Crippen molar-refractivity contribution >= 4 is 11.6 Å². The highest BCUT2D eigenvalue weighted by Crippen LogP contribution is 2.60. The van der Waals surface area contributed by atoms with Crippen LogP contribution in [0.4, 0.5) is 10.1 Å². The van der Waals surface area contributed by atoms with Crippen molar-refractivity contribution in [3.8, 4) is 0 Å². The molecule has 2 fully saturated rings. The Labute approximate surface area is 218 Å². The van der Waals surface area contributed by atoms with Crippen LogP contribution in [-0.4, -0.2) is 34.3 Å². The molecule has 37 heavy (non-hydrogen) atoms. The summed E-state index contributed by atoms with van der Waals surface area (Å²) in [5.74, 6) is 0.129. The topological polar surface area (TPSA) is 26.8 Å². The second kappa shape index (κ2) is 8.50. The van der Waals surface area contributed by atoms with Crippen LogP contribution in [0.3, 0.4) is 0 Å². The van der Waals surface area contributed by atoms with Gasteiger partial charge in [0.25, 0.3) is 5.91 Å². The predicted molar refractivity (Wildman–Crippen MR) is 143 cm³/mol. The number of hydrogen-bond donors (Lipinski definition) is 0. The third-order valence-electron chi connectivity index (χ3n) is 9.42. The first-order chi connectivity index (χ1) is 18.0. The summed E-state index contributed by atoms with van der Waals surface area (Å²) in [6.07, 6.45) is 5.29. The largest absolute Gasteiger partial charge is 0.302 e. The molecule has 1 saturated heterocycles. The molecule has 1 aliphatic carbocycles. The number of carbonyl (C=O) groups excluding carboxylic acids is 1. The van der Waals surface area contributed by atoms with Crippen LogP contribution in [0.2, 0.25) is 0 Å². The van der Waals surface area contributed by atoms with E-state index in [1.165, 1.54) is 11.1 Å². The molecule has 4 nitrogen and oxygen atoms in total. The number of hydrogen-bond acceptors (Lipinski definition) is 3. The van der Waals surface area contributed by atoms with Gasteiger partial charge >= 0.3 is 0 Å². The standard InChI is InChI=1S/C32H34FN3O/c1-23-20-31(14-8-9-15-31)36-29-27(23)18-26(33)19-28(29)32(30(36)37)34(21-24-10-4-2-5-11-24)16-17-35(32)22-25-12-6-3-7-13-25/h2-7,10-13,18-19,23H,8-9,14-17,20-22H2,1H3/t23-/m1/s1. The summed E-state index contributed by atoms with van der Waals surface area (Å²) >= 11 is 0. The van der Waals surface area contributed by atoms with Crippen molar-refractivity contribution in [3.05, 3.63) is 101 Å². The molecule has 3 aliphatic heterocycles. The molecule has 7 rings (SSSR count). The Bertz CT molecular complexity index is 1290. The van der Waals surface area contributed by atoms with Crippen molar-refractivity contribution < 1.29 is 9.18 Å². The van der Waals surface area contributed by atoms with Gasteiger partial charge < -0.3 is 4.90 Å². The maximum atomic E-state index is 15.4. The van der Waals surface area contributed by atoms with Gasteiger partial charge in [-0.2, -0.15) is 0 Å². The van der Waals surface area contributed by atoms with Gasteiger partial charge in [0.2, 0.25) is 0 Å². The fourth-order valence-corrected chi connectivity index (χ4v) is 7.94. The quantitative estimate of drug-likeness (QED) is 0.434. The number of halogens is 1. The summed E-state index contributed by atoms with van der Waals surface area (Å²) in [4.78, 5) is 21.9. The molecule has 1 atom stereocenters. The maximum Gasteiger partial charge on any atom is 0.268 e. The van der Waals surface area contributed by atoms with Crippen molar-refractivity contribution in [1.82, 2.24) is 9.80 Å². The second-order valence-corrected chi connectivity index (χ2v) is 11.6. The lowest BCUT2D eigenvalue weighted by Gasteiger charge is -2.47. The third-order valence-corrected chi connectivity index (χ3v) is 9.42. The Balaban J connectivity index is 1.44. The van der Waals surface area contributed by atoms with Crippen molar-refractivity contribution in [2.75, 3.05) is 18.0 Å². The Kier molecular flexibility index (Phi) is 5.31. The molecule has 0 bridgehead atoms. The molecule has 3 aromatic carbocycles. The van der Waals surface area contributed by atoms with E-state index in [-0.39, 0.29) is 23.2 Å². The molecule has 0 aromatic heterocycles. The molecule has 4 aliphatic rings. The van der Waals surface area contributed by atoms with E-state index in [2.05, 4.69) is 70.2 Å². The Hall–Kier alpha value is -3.02. The van der Waals surface area contributed by atoms with Gasteiger partial charge in [0.15, 0.2) is 5.66 Å². The minimum absolute atomic E-state index is 0.132. The zero-order valence-electron chi connectivity index (χ0n) is 21.5. The van der Waals surface area contributed by atoms with E-state index in [1.54, 1.807) is 12.1 Å². The highest BCUT2D eigenvalue weighted by Gasteiger charge is 2.66. The van der Waals surface area contributed by atoms with Crippen LogP contribution in [0.25, 0.3) is 0 Å². The van der Waals surface area contributed by atoms with E-state index >= 15 is 9.18 Å². The van der Waals surface area contributed by atoms with E-state index in [9.17, 15) is 0 Å². The van der Waals surface area contributed by atoms with Gasteiger partial charge in [0.1, 0.15) is 5.82 Å². The van der Waals surface area contributed by atoms with Crippen molar-refractivity contribution in [1.29, 1.82) is 0 Å². The first kappa shape index (κ1) is 23.1. The molecule has 1 saturated carbocycles. The number of carbonyl (C=O) groups is 1. The summed E-state index contributed by atoms with van der Waals surface area (Å²) in [6.45, 7) is 5.05. The number of fused-ring (bicyclic) bond motifs is 2. The zero-order chi connectivity index (χ0) is 25.2. The molecule has 5 heteroatoms. The number of nitrogens with zero attached hydrogens (tertiary/aromatic N) is 3. The van der Waals surface area contributed by atoms with Crippen LogP contribution in [0.1, 0.15) is 67.2 Å². The summed E-state index contributed by atoms with van der Waals surface area (Å²) in [5, 5.41) is 0. The molecular weight excluding hydrogens is 461 g/mol. The maximum absolute atomic E-state index is 15.4. The van der Waals surface area contributed by atoms with Crippen LogP contribution in [-0.2, 0) is 23.5 Å². The summed E-state index contributed by atoms with van der Waals surface area (Å²) in [7, 11) is 0. The van der Waals surface area contributed by atoms with Crippen LogP contribution in [0.5, 0.6) is 0 Å². The van der Waals surface area contributed by atoms with Crippen molar-refractivity contribution in [3.63, 3.8) is 0 Å². The van der Waals surface area contributed by atoms with Gasteiger partial charge in [-0.3, -0.25) is 14.6 Å². The van der Waals surface area contributed by atoms with Gasteiger partial charge in [-0.25, -0.2) is 4.39 Å². The average Bonchev–Trinajstić information content (AvgIpc) is 3.57. The molecule has 3 aromatic rings. The van der Waals surface area contributed by atoms with Gasteiger partial charge in [-0.1, -0.05) is 80.4 Å². The monoisotopic (exact) mass is 495 g/mol. The fourth-order valence-electron chi connectivity index (χ4n) is 7.94. The first-order valence-corrected chi connectivity index (χ1v) is 13.8. The number of rotatable bonds is 4. The summed E-state index contributed by atoms with van der Waals surface area (Å²) in [5.41, 5.74) is 4.05. The molecule has 190 valence electrons. The van der Waals surface area contributed by atoms with Crippen LogP contribution < -0.4 is 4.90 Å². The van der Waals surface area contributed by atoms with Crippen LogP contribution in [0.15, 0.2) is 72.8 Å². The Morgan fingerprint density at radius 3 is 2.00 bits per heavy atom.